The van der Waals surface area contributed by atoms with Gasteiger partial charge in [0.25, 0.3) is 0 Å². The minimum absolute atomic E-state index is 0.172. The molecule has 3 aromatic heterocycles. The quantitative estimate of drug-likeness (QED) is 0.684. The van der Waals surface area contributed by atoms with E-state index in [1.807, 2.05) is 42.6 Å². The maximum atomic E-state index is 12.1. The average Bonchev–Trinajstić information content (AvgIpc) is 3.15. The van der Waals surface area contributed by atoms with Crippen molar-refractivity contribution in [3.8, 4) is 9.88 Å². The highest BCUT2D eigenvalue weighted by molar-refractivity contribution is 7.22. The highest BCUT2D eigenvalue weighted by Crippen LogP contribution is 2.31. The van der Waals surface area contributed by atoms with Gasteiger partial charge in [-0.25, -0.2) is 9.78 Å². The van der Waals surface area contributed by atoms with Crippen LogP contribution in [0.25, 0.3) is 9.88 Å². The molecule has 0 N–H and O–H groups in total. The number of ether oxygens (including phenoxy) is 1. The lowest BCUT2D eigenvalue weighted by atomic mass is 10.3. The van der Waals surface area contributed by atoms with Crippen LogP contribution < -0.4 is 0 Å². The molecular weight excluding hydrogens is 304 g/mol. The summed E-state index contributed by atoms with van der Waals surface area (Å²) in [6.07, 6.45) is 1.68. The van der Waals surface area contributed by atoms with Gasteiger partial charge in [-0.2, -0.15) is 0 Å². The number of esters is 1. The second-order valence-electron chi connectivity index (χ2n) is 4.31. The Morgan fingerprint density at radius 1 is 1.29 bits per heavy atom. The van der Waals surface area contributed by atoms with Crippen LogP contribution in [-0.2, 0) is 11.3 Å². The highest BCUT2D eigenvalue weighted by Gasteiger charge is 2.18. The van der Waals surface area contributed by atoms with Crippen molar-refractivity contribution in [2.24, 2.45) is 0 Å². The van der Waals surface area contributed by atoms with Crippen molar-refractivity contribution in [1.29, 1.82) is 0 Å². The Labute approximate surface area is 130 Å². The van der Waals surface area contributed by atoms with Gasteiger partial charge < -0.3 is 4.74 Å². The number of thiazole rings is 1. The van der Waals surface area contributed by atoms with E-state index in [0.29, 0.717) is 10.6 Å². The molecule has 0 spiro atoms. The van der Waals surface area contributed by atoms with Gasteiger partial charge in [0, 0.05) is 6.20 Å². The molecule has 6 heteroatoms. The van der Waals surface area contributed by atoms with Crippen molar-refractivity contribution in [2.75, 3.05) is 0 Å². The molecule has 3 heterocycles. The van der Waals surface area contributed by atoms with Crippen molar-refractivity contribution < 1.29 is 9.53 Å². The number of hydrogen-bond acceptors (Lipinski definition) is 6. The van der Waals surface area contributed by atoms with Crippen LogP contribution in [0.5, 0.6) is 0 Å². The molecule has 0 aliphatic rings. The number of carbonyl (C=O) groups is 1. The third kappa shape index (κ3) is 3.17. The van der Waals surface area contributed by atoms with Gasteiger partial charge in [0.1, 0.15) is 16.5 Å². The topological polar surface area (TPSA) is 52.1 Å². The Morgan fingerprint density at radius 3 is 2.90 bits per heavy atom. The molecule has 0 atom stereocenters. The minimum Gasteiger partial charge on any atom is -0.455 e. The molecule has 0 fully saturated rings. The van der Waals surface area contributed by atoms with Crippen LogP contribution in [0.2, 0.25) is 0 Å². The third-order valence-electron chi connectivity index (χ3n) is 2.79. The van der Waals surface area contributed by atoms with Crippen LogP contribution >= 0.6 is 22.7 Å². The van der Waals surface area contributed by atoms with Gasteiger partial charge in [0.05, 0.1) is 16.3 Å². The second kappa shape index (κ2) is 6.15. The van der Waals surface area contributed by atoms with Crippen molar-refractivity contribution in [3.63, 3.8) is 0 Å². The summed E-state index contributed by atoms with van der Waals surface area (Å²) in [7, 11) is 0. The summed E-state index contributed by atoms with van der Waals surface area (Å²) < 4.78 is 5.30. The summed E-state index contributed by atoms with van der Waals surface area (Å²) in [5.41, 5.74) is 1.43. The summed E-state index contributed by atoms with van der Waals surface area (Å²) in [5, 5.41) is 2.85. The standard InChI is InChI=1S/C15H12N2O2S2/c1-10-13(21-14(17-10)12-6-4-8-20-12)15(18)19-9-11-5-2-3-7-16-11/h2-8H,9H2,1H3. The van der Waals surface area contributed by atoms with Crippen LogP contribution in [0.4, 0.5) is 0 Å². The van der Waals surface area contributed by atoms with Gasteiger partial charge in [-0.15, -0.1) is 22.7 Å². The first-order valence-corrected chi connectivity index (χ1v) is 8.02. The Morgan fingerprint density at radius 2 is 2.19 bits per heavy atom. The van der Waals surface area contributed by atoms with E-state index in [0.717, 1.165) is 15.6 Å². The summed E-state index contributed by atoms with van der Waals surface area (Å²) >= 11 is 2.97. The van der Waals surface area contributed by atoms with Crippen LogP contribution in [0.3, 0.4) is 0 Å². The smallest absolute Gasteiger partial charge is 0.350 e. The lowest BCUT2D eigenvalue weighted by molar-refractivity contribution is 0.0472. The zero-order valence-corrected chi connectivity index (χ0v) is 12.9. The zero-order valence-electron chi connectivity index (χ0n) is 11.3. The number of aryl methyl sites for hydroxylation is 1. The van der Waals surface area contributed by atoms with Gasteiger partial charge in [0.15, 0.2) is 0 Å². The number of pyridine rings is 1. The molecule has 0 radical (unpaired) electrons. The van der Waals surface area contributed by atoms with Gasteiger partial charge in [-0.3, -0.25) is 4.98 Å². The lowest BCUT2D eigenvalue weighted by Gasteiger charge is -2.02. The normalized spacial score (nSPS) is 10.5. The average molecular weight is 316 g/mol. The molecule has 0 unspecified atom stereocenters. The maximum Gasteiger partial charge on any atom is 0.350 e. The first kappa shape index (κ1) is 13.9. The molecule has 21 heavy (non-hydrogen) atoms. The van der Waals surface area contributed by atoms with E-state index in [1.165, 1.54) is 11.3 Å². The largest absolute Gasteiger partial charge is 0.455 e. The van der Waals surface area contributed by atoms with Gasteiger partial charge in [-0.05, 0) is 30.5 Å². The van der Waals surface area contributed by atoms with Gasteiger partial charge in [-0.1, -0.05) is 12.1 Å². The van der Waals surface area contributed by atoms with E-state index < -0.39 is 0 Å². The molecule has 4 nitrogen and oxygen atoms in total. The fourth-order valence-corrected chi connectivity index (χ4v) is 3.54. The molecule has 0 aliphatic heterocycles. The fourth-order valence-electron chi connectivity index (χ4n) is 1.78. The first-order chi connectivity index (χ1) is 10.2. The predicted molar refractivity (Wildman–Crippen MR) is 83.5 cm³/mol. The minimum atomic E-state index is -0.349. The van der Waals surface area contributed by atoms with Gasteiger partial charge in [0.2, 0.25) is 0 Å². The summed E-state index contributed by atoms with van der Waals surface area (Å²) in [5.74, 6) is -0.349. The van der Waals surface area contributed by atoms with E-state index in [2.05, 4.69) is 9.97 Å². The molecule has 0 saturated heterocycles. The van der Waals surface area contributed by atoms with E-state index in [-0.39, 0.29) is 12.6 Å². The maximum absolute atomic E-state index is 12.1. The Hall–Kier alpha value is -2.05. The van der Waals surface area contributed by atoms with Crippen LogP contribution in [0.15, 0.2) is 41.9 Å². The number of rotatable bonds is 4. The molecular formula is C15H12N2O2S2. The van der Waals surface area contributed by atoms with E-state index in [1.54, 1.807) is 17.5 Å². The first-order valence-electron chi connectivity index (χ1n) is 6.32. The monoisotopic (exact) mass is 316 g/mol. The van der Waals surface area contributed by atoms with Crippen molar-refractivity contribution in [1.82, 2.24) is 9.97 Å². The van der Waals surface area contributed by atoms with Crippen LogP contribution in [0, 0.1) is 6.92 Å². The predicted octanol–water partition coefficient (Wildman–Crippen LogP) is 3.93. The Bertz CT molecular complexity index is 736. The molecule has 0 aliphatic carbocycles. The number of carbonyl (C=O) groups excluding carboxylic acids is 1. The fraction of sp³-hybridized carbons (Fsp3) is 0.133. The summed E-state index contributed by atoms with van der Waals surface area (Å²) in [4.78, 5) is 22.3. The van der Waals surface area contributed by atoms with E-state index in [9.17, 15) is 4.79 Å². The molecule has 0 bridgehead atoms. The van der Waals surface area contributed by atoms with Crippen LogP contribution in [0.1, 0.15) is 21.1 Å². The lowest BCUT2D eigenvalue weighted by Crippen LogP contribution is -2.05. The van der Waals surface area contributed by atoms with Crippen molar-refractivity contribution in [3.05, 3.63) is 58.2 Å². The highest BCUT2D eigenvalue weighted by atomic mass is 32.1. The van der Waals surface area contributed by atoms with E-state index >= 15 is 0 Å². The number of aromatic nitrogens is 2. The Balaban J connectivity index is 1.73. The molecule has 3 rings (SSSR count). The molecule has 3 aromatic rings. The van der Waals surface area contributed by atoms with Crippen molar-refractivity contribution in [2.45, 2.75) is 13.5 Å². The van der Waals surface area contributed by atoms with Gasteiger partial charge >= 0.3 is 5.97 Å². The third-order valence-corrected chi connectivity index (χ3v) is 4.97. The summed E-state index contributed by atoms with van der Waals surface area (Å²) in [6.45, 7) is 2.00. The number of nitrogens with zero attached hydrogens (tertiary/aromatic N) is 2. The number of hydrogen-bond donors (Lipinski definition) is 0. The molecule has 0 amide bonds. The number of thiophene rings is 1. The summed E-state index contributed by atoms with van der Waals surface area (Å²) in [6, 6.07) is 9.47. The second-order valence-corrected chi connectivity index (χ2v) is 6.25. The van der Waals surface area contributed by atoms with Crippen LogP contribution in [-0.4, -0.2) is 15.9 Å². The molecule has 0 aromatic carbocycles. The van der Waals surface area contributed by atoms with E-state index in [4.69, 9.17) is 4.74 Å². The SMILES string of the molecule is Cc1nc(-c2cccs2)sc1C(=O)OCc1ccccn1. The molecule has 106 valence electrons. The van der Waals surface area contributed by atoms with Crippen molar-refractivity contribution >= 4 is 28.6 Å². The Kier molecular flexibility index (Phi) is 4.08. The molecule has 0 saturated carbocycles. The zero-order chi connectivity index (χ0) is 14.7.